The number of amides is 3. The fourth-order valence-corrected chi connectivity index (χ4v) is 4.48. The smallest absolute Gasteiger partial charge is 0.381 e. The summed E-state index contributed by atoms with van der Waals surface area (Å²) in [6, 6.07) is -0.309. The molecule has 1 unspecified atom stereocenters. The highest BCUT2D eigenvalue weighted by molar-refractivity contribution is 8.17. The van der Waals surface area contributed by atoms with E-state index in [0.29, 0.717) is 31.3 Å². The van der Waals surface area contributed by atoms with Crippen LogP contribution in [0, 0.1) is 5.92 Å². The number of hydrogen-bond donors (Lipinski definition) is 1. The molecule has 0 fully saturated rings. The minimum atomic E-state index is -0.454. The highest BCUT2D eigenvalue weighted by Crippen LogP contribution is 2.41. The molecule has 2 aliphatic heterocycles. The van der Waals surface area contributed by atoms with Crippen LogP contribution in [0.25, 0.3) is 0 Å². The van der Waals surface area contributed by atoms with Crippen molar-refractivity contribution < 1.29 is 18.9 Å². The van der Waals surface area contributed by atoms with Crippen molar-refractivity contribution in [1.29, 1.82) is 0 Å². The van der Waals surface area contributed by atoms with E-state index < -0.39 is 5.92 Å². The van der Waals surface area contributed by atoms with Gasteiger partial charge in [0, 0.05) is 24.4 Å². The molecule has 0 saturated heterocycles. The van der Waals surface area contributed by atoms with Gasteiger partial charge in [-0.1, -0.05) is 11.8 Å². The predicted octanol–water partition coefficient (Wildman–Crippen LogP) is 0.853. The summed E-state index contributed by atoms with van der Waals surface area (Å²) in [4.78, 5) is 42.0. The van der Waals surface area contributed by atoms with Gasteiger partial charge in [-0.15, -0.1) is 0 Å². The van der Waals surface area contributed by atoms with Gasteiger partial charge in [0.15, 0.2) is 11.0 Å². The van der Waals surface area contributed by atoms with Gasteiger partial charge >= 0.3 is 17.6 Å². The van der Waals surface area contributed by atoms with E-state index >= 15 is 0 Å². The minimum absolute atomic E-state index is 0.197. The monoisotopic (exact) mass is 365 g/mol. The van der Waals surface area contributed by atoms with Crippen LogP contribution in [0.15, 0.2) is 27.7 Å². The molecule has 0 spiro atoms. The molecular weight excluding hydrogens is 344 g/mol. The molecule has 9 heteroatoms. The van der Waals surface area contributed by atoms with Crippen molar-refractivity contribution in [2.45, 2.75) is 20.4 Å². The van der Waals surface area contributed by atoms with Crippen LogP contribution in [0.3, 0.4) is 0 Å². The first-order chi connectivity index (χ1) is 12.0. The van der Waals surface area contributed by atoms with Crippen molar-refractivity contribution in [3.05, 3.63) is 33.4 Å². The van der Waals surface area contributed by atoms with Crippen LogP contribution in [0.2, 0.25) is 0 Å². The number of urea groups is 1. The second kappa shape index (κ2) is 7.01. The minimum Gasteiger partial charge on any atom is -0.381 e. The largest absolute Gasteiger partial charge is 0.501 e. The van der Waals surface area contributed by atoms with Gasteiger partial charge in [0.05, 0.1) is 19.7 Å². The molecule has 8 nitrogen and oxygen atoms in total. The Morgan fingerprint density at radius 3 is 2.72 bits per heavy atom. The number of aromatic nitrogens is 2. The Morgan fingerprint density at radius 1 is 1.36 bits per heavy atom. The van der Waals surface area contributed by atoms with E-state index in [1.807, 2.05) is 6.92 Å². The number of carbonyl (C=O) groups is 2. The maximum atomic E-state index is 12.8. The normalized spacial score (nSPS) is 20.8. The lowest BCUT2D eigenvalue weighted by Crippen LogP contribution is -2.53. The maximum absolute atomic E-state index is 12.8. The summed E-state index contributed by atoms with van der Waals surface area (Å²) in [7, 11) is 1.58. The van der Waals surface area contributed by atoms with Crippen LogP contribution in [0.1, 0.15) is 13.8 Å². The maximum Gasteiger partial charge on any atom is 0.501 e. The first kappa shape index (κ1) is 17.7. The topological polar surface area (TPSA) is 87.4 Å². The van der Waals surface area contributed by atoms with E-state index in [1.165, 1.54) is 16.7 Å². The Kier molecular flexibility index (Phi) is 4.96. The van der Waals surface area contributed by atoms with Crippen molar-refractivity contribution in [3.8, 4) is 0 Å². The van der Waals surface area contributed by atoms with Crippen molar-refractivity contribution in [2.75, 3.05) is 26.8 Å². The summed E-state index contributed by atoms with van der Waals surface area (Å²) < 4.78 is 8.28. The Morgan fingerprint density at radius 2 is 2.12 bits per heavy atom. The van der Waals surface area contributed by atoms with Gasteiger partial charge in [-0.2, -0.15) is 14.3 Å². The number of imide groups is 1. The SMILES string of the molecule is CCN1C(=O)C2C(C)=C(Cn3cc[nH]c3=O)SC2=[N+](CCOC)C1=O. The van der Waals surface area contributed by atoms with Crippen LogP contribution < -0.4 is 5.69 Å². The number of thioether (sulfide) groups is 1. The Bertz CT molecular complexity index is 835. The molecule has 134 valence electrons. The third kappa shape index (κ3) is 2.98. The molecule has 3 amide bonds. The van der Waals surface area contributed by atoms with Crippen LogP contribution in [-0.2, 0) is 16.1 Å². The molecule has 0 radical (unpaired) electrons. The zero-order valence-electron chi connectivity index (χ0n) is 14.4. The van der Waals surface area contributed by atoms with Crippen molar-refractivity contribution >= 4 is 28.7 Å². The number of fused-ring (bicyclic) bond motifs is 1. The average Bonchev–Trinajstić information content (AvgIpc) is 3.12. The number of H-pyrrole nitrogens is 1. The van der Waals surface area contributed by atoms with Gasteiger partial charge in [-0.05, 0) is 19.4 Å². The average molecular weight is 365 g/mol. The second-order valence-corrected chi connectivity index (χ2v) is 7.00. The van der Waals surface area contributed by atoms with Gasteiger partial charge in [-0.25, -0.2) is 9.59 Å². The fraction of sp³-hybridized carbons (Fsp3) is 0.500. The molecule has 3 rings (SSSR count). The Hall–Kier alpha value is -2.13. The molecule has 2 aliphatic rings. The first-order valence-corrected chi connectivity index (χ1v) is 8.91. The number of hydrogen-bond acceptors (Lipinski definition) is 5. The summed E-state index contributed by atoms with van der Waals surface area (Å²) in [6.45, 7) is 5.17. The first-order valence-electron chi connectivity index (χ1n) is 8.09. The van der Waals surface area contributed by atoms with Gasteiger partial charge < -0.3 is 9.72 Å². The van der Waals surface area contributed by atoms with Gasteiger partial charge in [0.25, 0.3) is 0 Å². The third-order valence-corrected chi connectivity index (χ3v) is 5.82. The summed E-state index contributed by atoms with van der Waals surface area (Å²) in [5, 5.41) is 0.716. The molecule has 1 atom stereocenters. The number of aromatic amines is 1. The molecule has 3 heterocycles. The van der Waals surface area contributed by atoms with E-state index in [1.54, 1.807) is 35.6 Å². The highest BCUT2D eigenvalue weighted by Gasteiger charge is 2.51. The standard InChI is InChI=1S/C16H20N4O4S/c1-4-19-13(21)12-10(2)11(9-18-6-5-17-15(18)22)25-14(12)20(16(19)23)7-8-24-3/h5-6,12H,4,7-9H2,1-3H3/p+1. The lowest BCUT2D eigenvalue weighted by Gasteiger charge is -2.24. The van der Waals surface area contributed by atoms with E-state index in [2.05, 4.69) is 4.98 Å². The lowest BCUT2D eigenvalue weighted by atomic mass is 9.98. The highest BCUT2D eigenvalue weighted by atomic mass is 32.2. The molecule has 1 N–H and O–H groups in total. The zero-order valence-corrected chi connectivity index (χ0v) is 15.3. The van der Waals surface area contributed by atoms with Gasteiger partial charge in [-0.3, -0.25) is 4.57 Å². The molecule has 0 aliphatic carbocycles. The summed E-state index contributed by atoms with van der Waals surface area (Å²) >= 11 is 1.41. The molecule has 1 aromatic rings. The van der Waals surface area contributed by atoms with E-state index in [-0.39, 0.29) is 17.6 Å². The van der Waals surface area contributed by atoms with Crippen LogP contribution in [-0.4, -0.2) is 62.8 Å². The third-order valence-electron chi connectivity index (χ3n) is 4.46. The van der Waals surface area contributed by atoms with Crippen LogP contribution >= 0.6 is 11.8 Å². The van der Waals surface area contributed by atoms with E-state index in [4.69, 9.17) is 4.74 Å². The molecular formula is C16H21N4O4S+. The molecule has 0 bridgehead atoms. The summed E-state index contributed by atoms with van der Waals surface area (Å²) in [6.07, 6.45) is 3.25. The number of methoxy groups -OCH3 is 1. The number of nitrogens with zero attached hydrogens (tertiary/aromatic N) is 3. The van der Waals surface area contributed by atoms with E-state index in [9.17, 15) is 14.4 Å². The number of carbonyl (C=O) groups excluding carboxylic acids is 2. The van der Waals surface area contributed by atoms with Crippen LogP contribution in [0.5, 0.6) is 0 Å². The number of ether oxygens (including phenoxy) is 1. The predicted molar refractivity (Wildman–Crippen MR) is 93.6 cm³/mol. The van der Waals surface area contributed by atoms with Crippen molar-refractivity contribution in [3.63, 3.8) is 0 Å². The summed E-state index contributed by atoms with van der Waals surface area (Å²) in [5.41, 5.74) is 0.695. The molecule has 0 saturated carbocycles. The molecule has 0 aromatic carbocycles. The fourth-order valence-electron chi connectivity index (χ4n) is 3.07. The van der Waals surface area contributed by atoms with Crippen molar-refractivity contribution in [2.24, 2.45) is 5.92 Å². The second-order valence-electron chi connectivity index (χ2n) is 5.88. The quantitative estimate of drug-likeness (QED) is 0.756. The summed E-state index contributed by atoms with van der Waals surface area (Å²) in [5.74, 6) is -0.651. The van der Waals surface area contributed by atoms with Crippen molar-refractivity contribution in [1.82, 2.24) is 14.5 Å². The number of rotatable bonds is 6. The number of allylic oxidation sites excluding steroid dienone is 1. The Labute approximate surface area is 149 Å². The lowest BCUT2D eigenvalue weighted by molar-refractivity contribution is -0.441. The van der Waals surface area contributed by atoms with Gasteiger partial charge in [0.1, 0.15) is 6.54 Å². The number of nitrogens with one attached hydrogen (secondary N) is 1. The molecule has 25 heavy (non-hydrogen) atoms. The molecule has 1 aromatic heterocycles. The zero-order chi connectivity index (χ0) is 18.1. The van der Waals surface area contributed by atoms with E-state index in [0.717, 1.165) is 10.5 Å². The van der Waals surface area contributed by atoms with Gasteiger partial charge in [0.2, 0.25) is 0 Å². The Balaban J connectivity index is 2.00. The van der Waals surface area contributed by atoms with Crippen LogP contribution in [0.4, 0.5) is 4.79 Å². The number of imidazole rings is 1.